The second-order valence-corrected chi connectivity index (χ2v) is 10.1. The third-order valence-corrected chi connectivity index (χ3v) is 8.60. The Kier molecular flexibility index (Phi) is 6.60. The van der Waals surface area contributed by atoms with Crippen molar-refractivity contribution in [3.05, 3.63) is 33.9 Å². The van der Waals surface area contributed by atoms with E-state index in [9.17, 15) is 15.0 Å². The molecule has 162 valence electrons. The highest BCUT2D eigenvalue weighted by Crippen LogP contribution is 2.51. The zero-order valence-electron chi connectivity index (χ0n) is 19.1. The molecule has 0 aromatic heterocycles. The standard InChI is InChI=1S/C14H22O.C12H18O2/c1-4-11-8-9-14(3)12(10(11)2)6-5-7-13(14)15;1-8-9-4-3-5-11(14)12(9,2)7-6-10(8)13/h4,13,15H,5-9H2,1-3H3;11,14H,3-7H2,1-2H3/b11-4+;/t13-,14-;11-,12-/m00/s1. The Morgan fingerprint density at radius 2 is 1.31 bits per heavy atom. The average Bonchev–Trinajstić information content (AvgIpc) is 2.69. The van der Waals surface area contributed by atoms with E-state index in [4.69, 9.17) is 0 Å². The van der Waals surface area contributed by atoms with Gasteiger partial charge >= 0.3 is 0 Å². The molecule has 0 aliphatic heterocycles. The van der Waals surface area contributed by atoms with Gasteiger partial charge in [0.2, 0.25) is 0 Å². The number of ketones is 1. The van der Waals surface area contributed by atoms with Gasteiger partial charge in [-0.25, -0.2) is 0 Å². The van der Waals surface area contributed by atoms with Crippen LogP contribution in [-0.2, 0) is 4.79 Å². The summed E-state index contributed by atoms with van der Waals surface area (Å²) in [5.74, 6) is 0.284. The minimum absolute atomic E-state index is 0.0782. The first-order valence-electron chi connectivity index (χ1n) is 11.6. The first kappa shape index (κ1) is 22.5. The van der Waals surface area contributed by atoms with Crippen LogP contribution >= 0.6 is 0 Å². The van der Waals surface area contributed by atoms with Crippen molar-refractivity contribution in [3.63, 3.8) is 0 Å². The Balaban J connectivity index is 0.000000166. The molecule has 2 N–H and O–H groups in total. The monoisotopic (exact) mass is 400 g/mol. The molecule has 0 aromatic rings. The third-order valence-electron chi connectivity index (χ3n) is 8.60. The molecule has 0 heterocycles. The van der Waals surface area contributed by atoms with Crippen molar-refractivity contribution in [1.29, 1.82) is 0 Å². The van der Waals surface area contributed by atoms with Crippen LogP contribution in [0.3, 0.4) is 0 Å². The minimum atomic E-state index is -0.241. The summed E-state index contributed by atoms with van der Waals surface area (Å²) in [6.45, 7) is 10.7. The van der Waals surface area contributed by atoms with Gasteiger partial charge < -0.3 is 10.2 Å². The molecule has 0 spiro atoms. The molecule has 0 radical (unpaired) electrons. The summed E-state index contributed by atoms with van der Waals surface area (Å²) in [7, 11) is 0. The molecule has 3 heteroatoms. The lowest BCUT2D eigenvalue weighted by Gasteiger charge is -2.45. The van der Waals surface area contributed by atoms with Gasteiger partial charge in [-0.3, -0.25) is 4.79 Å². The number of Topliss-reactive ketones (excluding diaryl/α,β-unsaturated/α-hetero) is 1. The van der Waals surface area contributed by atoms with E-state index in [2.05, 4.69) is 33.8 Å². The Bertz CT molecular complexity index is 756. The minimum Gasteiger partial charge on any atom is -0.392 e. The molecule has 0 saturated heterocycles. The molecule has 0 amide bonds. The maximum Gasteiger partial charge on any atom is 0.158 e. The van der Waals surface area contributed by atoms with E-state index in [0.29, 0.717) is 6.42 Å². The number of hydrogen-bond donors (Lipinski definition) is 2. The van der Waals surface area contributed by atoms with Crippen LogP contribution in [0, 0.1) is 10.8 Å². The number of allylic oxidation sites excluding steroid dienone is 4. The molecular formula is C26H40O3. The van der Waals surface area contributed by atoms with E-state index in [1.807, 2.05) is 6.92 Å². The van der Waals surface area contributed by atoms with E-state index in [0.717, 1.165) is 56.9 Å². The van der Waals surface area contributed by atoms with E-state index in [1.54, 1.807) is 0 Å². The lowest BCUT2D eigenvalue weighted by Crippen LogP contribution is -2.41. The number of hydrogen-bond acceptors (Lipinski definition) is 3. The zero-order valence-corrected chi connectivity index (χ0v) is 19.1. The van der Waals surface area contributed by atoms with Crippen LogP contribution < -0.4 is 0 Å². The summed E-state index contributed by atoms with van der Waals surface area (Å²) in [5.41, 5.74) is 6.62. The molecule has 4 atom stereocenters. The predicted molar refractivity (Wildman–Crippen MR) is 119 cm³/mol. The normalized spacial score (nSPS) is 39.0. The molecule has 4 aliphatic carbocycles. The summed E-state index contributed by atoms with van der Waals surface area (Å²) >= 11 is 0. The molecule has 2 saturated carbocycles. The maximum atomic E-state index is 11.6. The number of aliphatic hydroxyl groups is 2. The quantitative estimate of drug-likeness (QED) is 0.539. The first-order chi connectivity index (χ1) is 13.6. The average molecular weight is 401 g/mol. The number of aliphatic hydroxyl groups excluding tert-OH is 2. The summed E-state index contributed by atoms with van der Waals surface area (Å²) in [4.78, 5) is 11.6. The summed E-state index contributed by atoms with van der Waals surface area (Å²) in [6.07, 6.45) is 11.8. The second-order valence-electron chi connectivity index (χ2n) is 10.1. The van der Waals surface area contributed by atoms with Crippen molar-refractivity contribution < 1.29 is 15.0 Å². The van der Waals surface area contributed by atoms with Crippen molar-refractivity contribution in [2.75, 3.05) is 0 Å². The van der Waals surface area contributed by atoms with Gasteiger partial charge in [-0.05, 0) is 95.3 Å². The highest BCUT2D eigenvalue weighted by atomic mass is 16.3. The van der Waals surface area contributed by atoms with E-state index in [1.165, 1.54) is 28.7 Å². The second kappa shape index (κ2) is 8.51. The molecule has 2 fully saturated rings. The fourth-order valence-electron chi connectivity index (χ4n) is 6.29. The number of fused-ring (bicyclic) bond motifs is 2. The number of carbonyl (C=O) groups is 1. The molecule has 0 aromatic carbocycles. The molecule has 3 nitrogen and oxygen atoms in total. The topological polar surface area (TPSA) is 57.5 Å². The first-order valence-corrected chi connectivity index (χ1v) is 11.6. The number of rotatable bonds is 0. The lowest BCUT2D eigenvalue weighted by molar-refractivity contribution is -0.117. The van der Waals surface area contributed by atoms with Gasteiger partial charge in [0.25, 0.3) is 0 Å². The van der Waals surface area contributed by atoms with E-state index >= 15 is 0 Å². The Morgan fingerprint density at radius 3 is 1.83 bits per heavy atom. The van der Waals surface area contributed by atoms with Crippen molar-refractivity contribution in [1.82, 2.24) is 0 Å². The third kappa shape index (κ3) is 3.93. The van der Waals surface area contributed by atoms with Gasteiger partial charge in [-0.15, -0.1) is 0 Å². The Labute approximate surface area is 177 Å². The van der Waals surface area contributed by atoms with Crippen LogP contribution in [0.1, 0.15) is 98.8 Å². The molecule has 29 heavy (non-hydrogen) atoms. The van der Waals surface area contributed by atoms with Crippen LogP contribution in [0.15, 0.2) is 33.9 Å². The summed E-state index contributed by atoms with van der Waals surface area (Å²) in [6, 6.07) is 0. The van der Waals surface area contributed by atoms with Gasteiger partial charge in [-0.2, -0.15) is 0 Å². The fourth-order valence-corrected chi connectivity index (χ4v) is 6.29. The van der Waals surface area contributed by atoms with Gasteiger partial charge in [0, 0.05) is 17.3 Å². The highest BCUT2D eigenvalue weighted by Gasteiger charge is 2.44. The van der Waals surface area contributed by atoms with Crippen molar-refractivity contribution in [2.45, 2.75) is 111 Å². The van der Waals surface area contributed by atoms with Crippen molar-refractivity contribution in [2.24, 2.45) is 10.8 Å². The number of carbonyl (C=O) groups excluding carboxylic acids is 1. The van der Waals surface area contributed by atoms with Gasteiger partial charge in [-0.1, -0.05) is 31.1 Å². The summed E-state index contributed by atoms with van der Waals surface area (Å²) < 4.78 is 0. The van der Waals surface area contributed by atoms with Crippen molar-refractivity contribution >= 4 is 5.78 Å². The van der Waals surface area contributed by atoms with Gasteiger partial charge in [0.15, 0.2) is 5.78 Å². The zero-order chi connectivity index (χ0) is 21.4. The van der Waals surface area contributed by atoms with Crippen LogP contribution in [0.4, 0.5) is 0 Å². The smallest absolute Gasteiger partial charge is 0.158 e. The largest absolute Gasteiger partial charge is 0.392 e. The van der Waals surface area contributed by atoms with Gasteiger partial charge in [0.05, 0.1) is 12.2 Å². The predicted octanol–water partition coefficient (Wildman–Crippen LogP) is 5.81. The molecule has 0 bridgehead atoms. The molecule has 0 unspecified atom stereocenters. The van der Waals surface area contributed by atoms with Crippen LogP contribution in [-0.4, -0.2) is 28.2 Å². The summed E-state index contributed by atoms with van der Waals surface area (Å²) in [5, 5.41) is 20.2. The van der Waals surface area contributed by atoms with E-state index in [-0.39, 0.29) is 28.8 Å². The highest BCUT2D eigenvalue weighted by molar-refractivity contribution is 5.96. The molecule has 4 aliphatic rings. The Morgan fingerprint density at radius 1 is 0.828 bits per heavy atom. The molecule has 4 rings (SSSR count). The van der Waals surface area contributed by atoms with E-state index < -0.39 is 0 Å². The van der Waals surface area contributed by atoms with Crippen LogP contribution in [0.5, 0.6) is 0 Å². The van der Waals surface area contributed by atoms with Gasteiger partial charge in [0.1, 0.15) is 0 Å². The van der Waals surface area contributed by atoms with Crippen LogP contribution in [0.2, 0.25) is 0 Å². The maximum absolute atomic E-state index is 11.6. The Hall–Kier alpha value is -1.19. The van der Waals surface area contributed by atoms with Crippen molar-refractivity contribution in [3.8, 4) is 0 Å². The van der Waals surface area contributed by atoms with Crippen LogP contribution in [0.25, 0.3) is 0 Å². The molecular weight excluding hydrogens is 360 g/mol. The lowest BCUT2D eigenvalue weighted by atomic mass is 9.61. The SMILES string of the molecule is C/C=C1\CC[C@@]2(C)C(=C1C)CCC[C@@H]2O.CC1=C2CCC[C@H](O)[C@@]2(C)CCC1=O. The fraction of sp³-hybridized carbons (Fsp3) is 0.731.